The van der Waals surface area contributed by atoms with Crippen LogP contribution in [0.2, 0.25) is 0 Å². The molecule has 1 aromatic carbocycles. The van der Waals surface area contributed by atoms with Crippen LogP contribution in [0.4, 0.5) is 0 Å². The van der Waals surface area contributed by atoms with Gasteiger partial charge in [-0.15, -0.1) is 0 Å². The average Bonchev–Trinajstić information content (AvgIpc) is 3.52. The minimum atomic E-state index is -1.94. The third kappa shape index (κ3) is 15.5. The number of amides is 8. The number of hydrogen-bond donors (Lipinski definition) is 11. The van der Waals surface area contributed by atoms with Crippen LogP contribution in [0.5, 0.6) is 0 Å². The minimum absolute atomic E-state index is 0.0181. The van der Waals surface area contributed by atoms with Gasteiger partial charge in [-0.2, -0.15) is 0 Å². The highest BCUT2D eigenvalue weighted by molar-refractivity contribution is 6.13. The Hall–Kier alpha value is -5.28. The van der Waals surface area contributed by atoms with Gasteiger partial charge >= 0.3 is 0 Å². The van der Waals surface area contributed by atoms with E-state index >= 15 is 0 Å². The van der Waals surface area contributed by atoms with Crippen molar-refractivity contribution in [2.45, 2.75) is 89.0 Å². The fraction of sp³-hybridized carbons (Fsp3) is 0.556. The van der Waals surface area contributed by atoms with Gasteiger partial charge < -0.3 is 57.4 Å². The van der Waals surface area contributed by atoms with Gasteiger partial charge in [-0.25, -0.2) is 0 Å². The summed E-state index contributed by atoms with van der Waals surface area (Å²) in [6, 6.07) is 5.44. The lowest BCUT2D eigenvalue weighted by Gasteiger charge is -2.26. The van der Waals surface area contributed by atoms with E-state index in [2.05, 4.69) is 31.9 Å². The largest absolute Gasteiger partial charge is 0.394 e. The number of aliphatic hydroxyl groups excluding tert-OH is 5. The van der Waals surface area contributed by atoms with Crippen molar-refractivity contribution >= 4 is 47.3 Å². The zero-order valence-electron chi connectivity index (χ0n) is 31.5. The minimum Gasteiger partial charge on any atom is -0.394 e. The van der Waals surface area contributed by atoms with Crippen LogP contribution in [0, 0.1) is 5.92 Å². The summed E-state index contributed by atoms with van der Waals surface area (Å²) in [7, 11) is 0. The Labute approximate surface area is 323 Å². The van der Waals surface area contributed by atoms with Crippen LogP contribution < -0.4 is 31.9 Å². The number of carbonyl (C=O) groups excluding carboxylic acids is 8. The van der Waals surface area contributed by atoms with E-state index < -0.39 is 122 Å². The highest BCUT2D eigenvalue weighted by Gasteiger charge is 2.33. The van der Waals surface area contributed by atoms with E-state index in [1.54, 1.807) is 44.2 Å². The van der Waals surface area contributed by atoms with E-state index in [4.69, 9.17) is 5.11 Å². The predicted molar refractivity (Wildman–Crippen MR) is 196 cm³/mol. The van der Waals surface area contributed by atoms with Crippen molar-refractivity contribution in [3.8, 4) is 0 Å². The summed E-state index contributed by atoms with van der Waals surface area (Å²) in [5.41, 5.74) is 0.690. The second-order valence-corrected chi connectivity index (χ2v) is 13.3. The maximum absolute atomic E-state index is 13.4. The third-order valence-electron chi connectivity index (χ3n) is 8.71. The number of likely N-dealkylation sites (N-methyl/N-ethyl adjacent to an activating group) is 1. The van der Waals surface area contributed by atoms with Gasteiger partial charge in [0, 0.05) is 50.0 Å². The molecule has 1 aromatic rings. The smallest absolute Gasteiger partial charge is 0.253 e. The van der Waals surface area contributed by atoms with Crippen LogP contribution in [0.3, 0.4) is 0 Å². The molecule has 1 aliphatic heterocycles. The number of aliphatic hydroxyl groups is 5. The van der Waals surface area contributed by atoms with Crippen molar-refractivity contribution in [3.05, 3.63) is 48.0 Å². The van der Waals surface area contributed by atoms with Gasteiger partial charge in [0.25, 0.3) is 11.8 Å². The molecule has 0 radical (unpaired) electrons. The number of rotatable bonds is 24. The SMILES string of the molecule is CCNC(=O)CNC(=O)[C@H](Cc1ccccc1)NC(=O)CNC(=O)[C@H](CCC(=O)NC[C@H](O)[C@@H](O)[C@H](O)[C@H](O)CO)NC(=O)C(C)CC(C)N1C(=O)C=CC1=O. The van der Waals surface area contributed by atoms with E-state index in [0.29, 0.717) is 12.1 Å². The Morgan fingerprint density at radius 1 is 0.696 bits per heavy atom. The Kier molecular flexibility index (Phi) is 19.8. The van der Waals surface area contributed by atoms with E-state index in [1.165, 1.54) is 6.92 Å². The summed E-state index contributed by atoms with van der Waals surface area (Å²) in [5, 5.41) is 63.1. The van der Waals surface area contributed by atoms with Crippen LogP contribution in [0.25, 0.3) is 0 Å². The maximum Gasteiger partial charge on any atom is 0.253 e. The second kappa shape index (κ2) is 23.6. The van der Waals surface area contributed by atoms with E-state index in [9.17, 15) is 58.8 Å². The molecule has 11 N–H and O–H groups in total. The molecule has 0 fully saturated rings. The van der Waals surface area contributed by atoms with Crippen LogP contribution in [-0.2, 0) is 44.8 Å². The van der Waals surface area contributed by atoms with Gasteiger partial charge in [0.05, 0.1) is 25.8 Å². The summed E-state index contributed by atoms with van der Waals surface area (Å²) in [6.45, 7) is 2.61. The standard InChI is InChI=1S/C36H53N7O13/c1-4-37-28(48)17-39-36(56)24(15-22-8-6-5-7-9-22)41-29(49)18-40-35(55)23(10-11-27(47)38-16-25(45)32(52)33(53)26(46)19-44)42-34(54)20(2)14-21(3)43-30(50)12-13-31(43)51/h5-9,12-13,20-21,23-26,32-33,44-46,52-53H,4,10-11,14-19H2,1-3H3,(H,37,48)(H,38,47)(H,39,56)(H,40,55)(H,41,49)(H,42,54)/t20?,21?,23-,24-,25-,26+,32+,33+/m0/s1. The molecule has 1 heterocycles. The molecule has 2 rings (SSSR count). The first-order valence-corrected chi connectivity index (χ1v) is 18.1. The molecule has 8 amide bonds. The fourth-order valence-corrected chi connectivity index (χ4v) is 5.56. The van der Waals surface area contributed by atoms with Crippen molar-refractivity contribution in [3.63, 3.8) is 0 Å². The number of nitrogens with one attached hydrogen (secondary N) is 6. The van der Waals surface area contributed by atoms with E-state index in [1.807, 2.05) is 0 Å². The van der Waals surface area contributed by atoms with Crippen molar-refractivity contribution < 1.29 is 63.9 Å². The molecule has 0 saturated carbocycles. The number of imide groups is 1. The molecule has 0 spiro atoms. The topological polar surface area (TPSA) is 313 Å². The summed E-state index contributed by atoms with van der Waals surface area (Å²) in [5.74, 6) is -6.19. The molecule has 0 aromatic heterocycles. The van der Waals surface area contributed by atoms with Gasteiger partial charge in [-0.05, 0) is 32.3 Å². The maximum atomic E-state index is 13.4. The normalized spacial score (nSPS) is 16.7. The molecule has 20 heteroatoms. The lowest BCUT2D eigenvalue weighted by Crippen LogP contribution is -2.54. The van der Waals surface area contributed by atoms with Crippen molar-refractivity contribution in [2.75, 3.05) is 32.8 Å². The molecule has 2 unspecified atom stereocenters. The lowest BCUT2D eigenvalue weighted by atomic mass is 9.99. The molecule has 0 bridgehead atoms. The first-order chi connectivity index (χ1) is 26.5. The van der Waals surface area contributed by atoms with Crippen LogP contribution in [-0.4, -0.2) is 153 Å². The molecule has 1 aliphatic rings. The van der Waals surface area contributed by atoms with Gasteiger partial charge in [0.2, 0.25) is 35.4 Å². The van der Waals surface area contributed by atoms with Crippen LogP contribution >= 0.6 is 0 Å². The Morgan fingerprint density at radius 2 is 1.27 bits per heavy atom. The number of benzene rings is 1. The summed E-state index contributed by atoms with van der Waals surface area (Å²) in [6.07, 6.45) is -5.89. The Balaban J connectivity index is 2.12. The number of hydrogen-bond acceptors (Lipinski definition) is 13. The summed E-state index contributed by atoms with van der Waals surface area (Å²) < 4.78 is 0. The first kappa shape index (κ1) is 46.9. The quantitative estimate of drug-likeness (QED) is 0.0439. The van der Waals surface area contributed by atoms with Crippen LogP contribution in [0.1, 0.15) is 45.6 Å². The molecular weight excluding hydrogens is 738 g/mol. The predicted octanol–water partition coefficient (Wildman–Crippen LogP) is -4.76. The van der Waals surface area contributed by atoms with Crippen molar-refractivity contribution in [1.29, 1.82) is 0 Å². The number of carbonyl (C=O) groups is 8. The molecule has 20 nitrogen and oxygen atoms in total. The van der Waals surface area contributed by atoms with Gasteiger partial charge in [0.1, 0.15) is 30.4 Å². The molecule has 0 saturated heterocycles. The molecule has 56 heavy (non-hydrogen) atoms. The zero-order valence-corrected chi connectivity index (χ0v) is 31.5. The molecule has 8 atom stereocenters. The van der Waals surface area contributed by atoms with E-state index in [0.717, 1.165) is 17.1 Å². The number of nitrogens with zero attached hydrogens (tertiary/aromatic N) is 1. The monoisotopic (exact) mass is 791 g/mol. The highest BCUT2D eigenvalue weighted by atomic mass is 16.4. The van der Waals surface area contributed by atoms with Crippen molar-refractivity contribution in [2.24, 2.45) is 5.92 Å². The third-order valence-corrected chi connectivity index (χ3v) is 8.71. The average molecular weight is 792 g/mol. The zero-order chi connectivity index (χ0) is 41.9. The van der Waals surface area contributed by atoms with Crippen molar-refractivity contribution in [1.82, 2.24) is 36.8 Å². The summed E-state index contributed by atoms with van der Waals surface area (Å²) >= 11 is 0. The Morgan fingerprint density at radius 3 is 1.86 bits per heavy atom. The fourth-order valence-electron chi connectivity index (χ4n) is 5.56. The van der Waals surface area contributed by atoms with Gasteiger partial charge in [-0.3, -0.25) is 43.3 Å². The Bertz CT molecular complexity index is 1540. The molecule has 0 aliphatic carbocycles. The van der Waals surface area contributed by atoms with Crippen LogP contribution in [0.15, 0.2) is 42.5 Å². The summed E-state index contributed by atoms with van der Waals surface area (Å²) in [4.78, 5) is 102. The van der Waals surface area contributed by atoms with E-state index in [-0.39, 0.29) is 25.8 Å². The first-order valence-electron chi connectivity index (χ1n) is 18.1. The second-order valence-electron chi connectivity index (χ2n) is 13.3. The van der Waals surface area contributed by atoms with Gasteiger partial charge in [-0.1, -0.05) is 37.3 Å². The van der Waals surface area contributed by atoms with Gasteiger partial charge in [0.15, 0.2) is 0 Å². The lowest BCUT2D eigenvalue weighted by molar-refractivity contribution is -0.140. The molecule has 310 valence electrons. The highest BCUT2D eigenvalue weighted by Crippen LogP contribution is 2.17. The molecular formula is C36H53N7O13.